The number of aromatic nitrogens is 1. The minimum atomic E-state index is -0.739. The first kappa shape index (κ1) is 18.6. The zero-order chi connectivity index (χ0) is 20.3. The van der Waals surface area contributed by atoms with Gasteiger partial charge in [0.1, 0.15) is 12.3 Å². The topological polar surface area (TPSA) is 79.7 Å². The lowest BCUT2D eigenvalue weighted by molar-refractivity contribution is -0.164. The van der Waals surface area contributed by atoms with Crippen molar-refractivity contribution in [2.45, 2.75) is 57.6 Å². The lowest BCUT2D eigenvalue weighted by atomic mass is 9.71. The molecule has 5 rings (SSSR count). The average Bonchev–Trinajstić information content (AvgIpc) is 3.01. The van der Waals surface area contributed by atoms with Crippen LogP contribution in [-0.2, 0) is 33.6 Å². The second kappa shape index (κ2) is 6.80. The summed E-state index contributed by atoms with van der Waals surface area (Å²) in [7, 11) is 0. The van der Waals surface area contributed by atoms with Crippen molar-refractivity contribution in [2.75, 3.05) is 6.61 Å². The van der Waals surface area contributed by atoms with E-state index >= 15 is 0 Å². The molecule has 0 saturated carbocycles. The van der Waals surface area contributed by atoms with E-state index in [1.807, 2.05) is 0 Å². The summed E-state index contributed by atoms with van der Waals surface area (Å²) in [6.07, 6.45) is 6.78. The second-order valence-corrected chi connectivity index (χ2v) is 8.56. The Bertz CT molecular complexity index is 948. The molecule has 0 spiro atoms. The molecule has 1 amide bonds. The molecule has 1 aromatic rings. The fourth-order valence-corrected chi connectivity index (χ4v) is 5.64. The minimum Gasteiger partial charge on any atom is -0.457 e. The van der Waals surface area contributed by atoms with Crippen molar-refractivity contribution in [3.05, 3.63) is 46.9 Å². The van der Waals surface area contributed by atoms with Gasteiger partial charge in [-0.05, 0) is 62.7 Å². The van der Waals surface area contributed by atoms with Crippen molar-refractivity contribution >= 4 is 17.4 Å². The number of aryl methyl sites for hydroxylation is 3. The number of esters is 1. The smallest absolute Gasteiger partial charge is 0.355 e. The molecule has 1 N–H and O–H groups in total. The predicted octanol–water partition coefficient (Wildman–Crippen LogP) is 2.18. The highest BCUT2D eigenvalue weighted by molar-refractivity contribution is 6.07. The van der Waals surface area contributed by atoms with Crippen LogP contribution in [0.1, 0.15) is 48.7 Å². The summed E-state index contributed by atoms with van der Waals surface area (Å²) in [4.78, 5) is 32.4. The normalized spacial score (nSPS) is 28.0. The van der Waals surface area contributed by atoms with Crippen molar-refractivity contribution < 1.29 is 19.4 Å². The molecule has 6 nitrogen and oxygen atoms in total. The highest BCUT2D eigenvalue weighted by Gasteiger charge is 2.62. The van der Waals surface area contributed by atoms with Gasteiger partial charge in [-0.15, -0.1) is 0 Å². The second-order valence-electron chi connectivity index (χ2n) is 8.56. The molecule has 0 bridgehead atoms. The summed E-state index contributed by atoms with van der Waals surface area (Å²) in [6, 6.07) is 2.03. The lowest BCUT2D eigenvalue weighted by Gasteiger charge is -2.47. The molecule has 1 fully saturated rings. The minimum absolute atomic E-state index is 0.0366. The van der Waals surface area contributed by atoms with Gasteiger partial charge in [-0.25, -0.2) is 4.79 Å². The van der Waals surface area contributed by atoms with E-state index in [9.17, 15) is 14.7 Å². The molecule has 2 aliphatic heterocycles. The van der Waals surface area contributed by atoms with Gasteiger partial charge in [0.15, 0.2) is 0 Å². The number of carbonyl (C=O) groups is 2. The lowest BCUT2D eigenvalue weighted by Crippen LogP contribution is -2.64. The zero-order valence-corrected chi connectivity index (χ0v) is 16.7. The molecule has 1 aromatic heterocycles. The Morgan fingerprint density at radius 1 is 1.38 bits per heavy atom. The van der Waals surface area contributed by atoms with Crippen LogP contribution in [0.3, 0.4) is 0 Å². The van der Waals surface area contributed by atoms with Gasteiger partial charge in [-0.2, -0.15) is 0 Å². The quantitative estimate of drug-likeness (QED) is 0.481. The fraction of sp³-hybridized carbons (Fsp3) is 0.522. The number of nitrogens with zero attached hydrogens (tertiary/aromatic N) is 2. The van der Waals surface area contributed by atoms with E-state index in [-0.39, 0.29) is 24.5 Å². The summed E-state index contributed by atoms with van der Waals surface area (Å²) in [5.41, 5.74) is 5.71. The van der Waals surface area contributed by atoms with Gasteiger partial charge < -0.3 is 14.7 Å². The fourth-order valence-electron chi connectivity index (χ4n) is 5.64. The molecule has 2 aliphatic carbocycles. The van der Waals surface area contributed by atoms with Gasteiger partial charge in [0.2, 0.25) is 5.91 Å². The van der Waals surface area contributed by atoms with E-state index in [0.29, 0.717) is 5.70 Å². The van der Waals surface area contributed by atoms with Gasteiger partial charge >= 0.3 is 5.97 Å². The Hall–Kier alpha value is -2.47. The summed E-state index contributed by atoms with van der Waals surface area (Å²) in [5.74, 6) is -1.11. The molecular formula is C23H26N2O4. The number of hydrogen-bond donors (Lipinski definition) is 1. The van der Waals surface area contributed by atoms with E-state index < -0.39 is 18.0 Å². The van der Waals surface area contributed by atoms with Crippen molar-refractivity contribution in [1.82, 2.24) is 9.88 Å². The molecule has 1 saturated heterocycles. The Kier molecular flexibility index (Phi) is 4.35. The van der Waals surface area contributed by atoms with E-state index in [1.165, 1.54) is 23.8 Å². The number of aliphatic hydroxyl groups excluding tert-OH is 1. The number of hydrogen-bond acceptors (Lipinski definition) is 5. The number of amides is 1. The number of carbonyl (C=O) groups excluding carboxylic acids is 2. The molecule has 4 aliphatic rings. The van der Waals surface area contributed by atoms with Crippen molar-refractivity contribution in [1.29, 1.82) is 0 Å². The van der Waals surface area contributed by atoms with E-state index in [1.54, 1.807) is 11.8 Å². The molecule has 0 aromatic carbocycles. The summed E-state index contributed by atoms with van der Waals surface area (Å²) >= 11 is 0. The Morgan fingerprint density at radius 2 is 2.17 bits per heavy atom. The van der Waals surface area contributed by atoms with Crippen LogP contribution in [0.4, 0.5) is 0 Å². The Balaban J connectivity index is 1.65. The maximum absolute atomic E-state index is 13.0. The monoisotopic (exact) mass is 394 g/mol. The van der Waals surface area contributed by atoms with Gasteiger partial charge in [0.05, 0.1) is 18.1 Å². The summed E-state index contributed by atoms with van der Waals surface area (Å²) in [6.45, 7) is 5.36. The molecule has 0 radical (unpaired) electrons. The van der Waals surface area contributed by atoms with Crippen LogP contribution in [-0.4, -0.2) is 45.6 Å². The molecule has 4 atom stereocenters. The molecule has 6 heteroatoms. The van der Waals surface area contributed by atoms with Crippen molar-refractivity contribution in [3.8, 4) is 0 Å². The molecule has 152 valence electrons. The maximum Gasteiger partial charge on any atom is 0.355 e. The third kappa shape index (κ3) is 2.61. The highest BCUT2D eigenvalue weighted by Crippen LogP contribution is 2.54. The third-order valence-corrected chi connectivity index (χ3v) is 6.88. The average molecular weight is 394 g/mol. The first-order valence-electron chi connectivity index (χ1n) is 10.6. The largest absolute Gasteiger partial charge is 0.457 e. The number of β-lactam (4-membered cyclic amide) rings is 1. The van der Waals surface area contributed by atoms with Crippen LogP contribution in [0.5, 0.6) is 0 Å². The predicted molar refractivity (Wildman–Crippen MR) is 107 cm³/mol. The summed E-state index contributed by atoms with van der Waals surface area (Å²) < 4.78 is 5.36. The third-order valence-electron chi connectivity index (χ3n) is 6.88. The van der Waals surface area contributed by atoms with E-state index in [2.05, 4.69) is 12.6 Å². The molecular weight excluding hydrogens is 368 g/mol. The van der Waals surface area contributed by atoms with Crippen LogP contribution >= 0.6 is 0 Å². The molecule has 3 heterocycles. The van der Waals surface area contributed by atoms with Gasteiger partial charge in [0.25, 0.3) is 0 Å². The van der Waals surface area contributed by atoms with Crippen molar-refractivity contribution in [3.63, 3.8) is 0 Å². The number of rotatable bonds is 4. The molecule has 0 unspecified atom stereocenters. The SMILES string of the molecule is C=CCOC(=O)C1=C2c3cc4c(nc3CC[C@@H]2[C@@H]2[C@@H]([C@@H](C)O)C(=O)N12)CCCC4. The number of fused-ring (bicyclic) bond motifs is 6. The first-order chi connectivity index (χ1) is 14.0. The standard InChI is InChI=1S/C23H26N2O4/c1-3-10-29-23(28)21-19-14(20-18(12(2)26)22(27)25(20)21)8-9-17-15(19)11-13-6-4-5-7-16(13)24-17/h3,11-12,14,18,20,26H,1,4-10H2,2H3/t12-,14+,18-,20-/m1/s1. The Labute approximate surface area is 170 Å². The Morgan fingerprint density at radius 3 is 2.93 bits per heavy atom. The number of pyridine rings is 1. The van der Waals surface area contributed by atoms with Crippen LogP contribution < -0.4 is 0 Å². The number of aliphatic hydroxyl groups is 1. The highest BCUT2D eigenvalue weighted by atomic mass is 16.5. The van der Waals surface area contributed by atoms with Gasteiger partial charge in [-0.3, -0.25) is 9.78 Å². The maximum atomic E-state index is 13.0. The zero-order valence-electron chi connectivity index (χ0n) is 16.7. The first-order valence-corrected chi connectivity index (χ1v) is 10.6. The van der Waals surface area contributed by atoms with Crippen molar-refractivity contribution in [2.24, 2.45) is 11.8 Å². The van der Waals surface area contributed by atoms with Crippen LogP contribution in [0.15, 0.2) is 24.4 Å². The van der Waals surface area contributed by atoms with Gasteiger partial charge in [-0.1, -0.05) is 12.7 Å². The van der Waals surface area contributed by atoms with E-state index in [0.717, 1.165) is 48.9 Å². The summed E-state index contributed by atoms with van der Waals surface area (Å²) in [5, 5.41) is 10.2. The van der Waals surface area contributed by atoms with Crippen LogP contribution in [0.2, 0.25) is 0 Å². The molecule has 29 heavy (non-hydrogen) atoms. The van der Waals surface area contributed by atoms with E-state index in [4.69, 9.17) is 9.72 Å². The number of ether oxygens (including phenoxy) is 1. The van der Waals surface area contributed by atoms with Crippen LogP contribution in [0.25, 0.3) is 5.57 Å². The van der Waals surface area contributed by atoms with Crippen LogP contribution in [0, 0.1) is 11.8 Å². The van der Waals surface area contributed by atoms with Gasteiger partial charge in [0, 0.05) is 22.9 Å².